The van der Waals surface area contributed by atoms with Gasteiger partial charge in [-0.05, 0) is 43.2 Å². The van der Waals surface area contributed by atoms with Crippen molar-refractivity contribution < 1.29 is 14.4 Å². The molecule has 0 radical (unpaired) electrons. The fraction of sp³-hybridized carbons (Fsp3) is 0.571. The van der Waals surface area contributed by atoms with E-state index in [1.165, 1.54) is 5.56 Å². The van der Waals surface area contributed by atoms with Crippen LogP contribution in [0.1, 0.15) is 50.7 Å². The van der Waals surface area contributed by atoms with Gasteiger partial charge in [-0.1, -0.05) is 38.1 Å². The molecule has 1 aliphatic rings. The van der Waals surface area contributed by atoms with E-state index in [2.05, 4.69) is 41.9 Å². The zero-order chi connectivity index (χ0) is 19.8. The van der Waals surface area contributed by atoms with E-state index >= 15 is 0 Å². The van der Waals surface area contributed by atoms with Crippen LogP contribution in [0.3, 0.4) is 0 Å². The van der Waals surface area contributed by atoms with Gasteiger partial charge in [0.1, 0.15) is 5.92 Å². The van der Waals surface area contributed by atoms with E-state index in [1.807, 2.05) is 19.1 Å². The first-order valence-corrected chi connectivity index (χ1v) is 9.80. The molecule has 0 spiro atoms. The van der Waals surface area contributed by atoms with Crippen LogP contribution < -0.4 is 16.0 Å². The van der Waals surface area contributed by atoms with Gasteiger partial charge in [0.2, 0.25) is 17.7 Å². The van der Waals surface area contributed by atoms with Gasteiger partial charge >= 0.3 is 0 Å². The second kappa shape index (κ2) is 10.1. The molecule has 1 saturated heterocycles. The lowest BCUT2D eigenvalue weighted by Gasteiger charge is -2.21. The van der Waals surface area contributed by atoms with Crippen LogP contribution in [0, 0.1) is 11.8 Å². The topological polar surface area (TPSA) is 87.3 Å². The van der Waals surface area contributed by atoms with Crippen LogP contribution in [-0.2, 0) is 20.8 Å². The largest absolute Gasteiger partial charge is 0.355 e. The molecule has 0 saturated carbocycles. The number of carbonyl (C=O) groups excluding carboxylic acids is 3. The highest BCUT2D eigenvalue weighted by Gasteiger charge is 2.28. The van der Waals surface area contributed by atoms with Crippen molar-refractivity contribution >= 4 is 17.7 Å². The zero-order valence-corrected chi connectivity index (χ0v) is 16.5. The Morgan fingerprint density at radius 1 is 1.11 bits per heavy atom. The van der Waals surface area contributed by atoms with Crippen LogP contribution in [0.5, 0.6) is 0 Å². The molecular weight excluding hydrogens is 342 g/mol. The summed E-state index contributed by atoms with van der Waals surface area (Å²) in [5.74, 6) is -0.814. The molecule has 148 valence electrons. The van der Waals surface area contributed by atoms with Gasteiger partial charge in [-0.2, -0.15) is 0 Å². The molecule has 1 fully saturated rings. The number of amides is 3. The molecule has 27 heavy (non-hydrogen) atoms. The molecule has 0 aliphatic carbocycles. The monoisotopic (exact) mass is 373 g/mol. The molecule has 0 aromatic heterocycles. The molecule has 3 amide bonds. The predicted molar refractivity (Wildman–Crippen MR) is 105 cm³/mol. The normalized spacial score (nSPS) is 17.9. The molecule has 1 aliphatic heterocycles. The number of hydrogen-bond donors (Lipinski definition) is 3. The number of carbonyl (C=O) groups is 3. The van der Waals surface area contributed by atoms with Crippen molar-refractivity contribution in [1.29, 1.82) is 0 Å². The Hall–Kier alpha value is -2.37. The minimum absolute atomic E-state index is 0.0729. The van der Waals surface area contributed by atoms with Crippen LogP contribution in [0.2, 0.25) is 0 Å². The van der Waals surface area contributed by atoms with E-state index in [4.69, 9.17) is 0 Å². The van der Waals surface area contributed by atoms with Crippen molar-refractivity contribution in [1.82, 2.24) is 16.0 Å². The molecule has 0 bridgehead atoms. The number of nitrogens with one attached hydrogen (secondary N) is 3. The quantitative estimate of drug-likeness (QED) is 0.479. The number of rotatable bonds is 8. The maximum Gasteiger partial charge on any atom is 0.232 e. The van der Waals surface area contributed by atoms with Crippen molar-refractivity contribution in [3.05, 3.63) is 35.4 Å². The van der Waals surface area contributed by atoms with E-state index in [1.54, 1.807) is 0 Å². The van der Waals surface area contributed by atoms with Crippen LogP contribution in [0.25, 0.3) is 0 Å². The lowest BCUT2D eigenvalue weighted by atomic mass is 9.96. The second-order valence-corrected chi connectivity index (χ2v) is 7.63. The minimum atomic E-state index is -0.613. The van der Waals surface area contributed by atoms with Gasteiger partial charge < -0.3 is 16.0 Å². The Morgan fingerprint density at radius 2 is 1.78 bits per heavy atom. The fourth-order valence-corrected chi connectivity index (χ4v) is 3.24. The Kier molecular flexibility index (Phi) is 7.82. The molecule has 2 atom stereocenters. The van der Waals surface area contributed by atoms with Gasteiger partial charge in [0, 0.05) is 19.6 Å². The molecular formula is C21H31N3O3. The highest BCUT2D eigenvalue weighted by atomic mass is 16.2. The number of hydrogen-bond acceptors (Lipinski definition) is 3. The molecule has 6 nitrogen and oxygen atoms in total. The third-order valence-corrected chi connectivity index (χ3v) is 4.84. The van der Waals surface area contributed by atoms with Crippen LogP contribution in [0.15, 0.2) is 24.3 Å². The zero-order valence-electron chi connectivity index (χ0n) is 16.5. The van der Waals surface area contributed by atoms with Gasteiger partial charge in [-0.3, -0.25) is 14.4 Å². The third kappa shape index (κ3) is 6.38. The van der Waals surface area contributed by atoms with E-state index in [0.717, 1.165) is 18.4 Å². The first-order chi connectivity index (χ1) is 12.9. The third-order valence-electron chi connectivity index (χ3n) is 4.84. The average Bonchev–Trinajstić information content (AvgIpc) is 2.64. The summed E-state index contributed by atoms with van der Waals surface area (Å²) in [5, 5.41) is 8.27. The molecule has 1 aromatic carbocycles. The summed E-state index contributed by atoms with van der Waals surface area (Å²) in [6.45, 7) is 7.53. The fourth-order valence-electron chi connectivity index (χ4n) is 3.24. The lowest BCUT2D eigenvalue weighted by molar-refractivity contribution is -0.137. The van der Waals surface area contributed by atoms with Gasteiger partial charge in [-0.15, -0.1) is 0 Å². The maximum absolute atomic E-state index is 12.3. The first kappa shape index (κ1) is 20.9. The standard InChI is InChI=1S/C21H31N3O3/c1-14(2)13-16-6-8-17(9-7-16)15(3)19(25)23-11-12-24-21(27)18-5-4-10-22-20(18)26/h6-9,14-15,18H,4-5,10-13H2,1-3H3,(H,22,26)(H,23,25)(H,24,27)/t15-,18-/m1/s1. The SMILES string of the molecule is CC(C)Cc1ccc([C@@H](C)C(=O)NCCNC(=O)[C@@H]2CCCNC2=O)cc1. The number of piperidine rings is 1. The average molecular weight is 373 g/mol. The Labute approximate surface area is 161 Å². The summed E-state index contributed by atoms with van der Waals surface area (Å²) >= 11 is 0. The van der Waals surface area contributed by atoms with E-state index < -0.39 is 5.92 Å². The van der Waals surface area contributed by atoms with Crippen molar-refractivity contribution in [3.63, 3.8) is 0 Å². The smallest absolute Gasteiger partial charge is 0.232 e. The summed E-state index contributed by atoms with van der Waals surface area (Å²) in [4.78, 5) is 36.0. The molecule has 1 heterocycles. The van der Waals surface area contributed by atoms with Crippen LogP contribution >= 0.6 is 0 Å². The van der Waals surface area contributed by atoms with E-state index in [0.29, 0.717) is 32.0 Å². The first-order valence-electron chi connectivity index (χ1n) is 9.80. The van der Waals surface area contributed by atoms with Crippen molar-refractivity contribution in [2.24, 2.45) is 11.8 Å². The summed E-state index contributed by atoms with van der Waals surface area (Å²) in [6, 6.07) is 8.17. The summed E-state index contributed by atoms with van der Waals surface area (Å²) < 4.78 is 0. The minimum Gasteiger partial charge on any atom is -0.355 e. The molecule has 0 unspecified atom stereocenters. The highest BCUT2D eigenvalue weighted by Crippen LogP contribution is 2.17. The van der Waals surface area contributed by atoms with Gasteiger partial charge in [0.25, 0.3) is 0 Å². The molecule has 2 rings (SSSR count). The molecule has 3 N–H and O–H groups in total. The Bertz CT molecular complexity index is 655. The van der Waals surface area contributed by atoms with Crippen molar-refractivity contribution in [3.8, 4) is 0 Å². The second-order valence-electron chi connectivity index (χ2n) is 7.63. The predicted octanol–water partition coefficient (Wildman–Crippen LogP) is 1.75. The Balaban J connectivity index is 1.73. The van der Waals surface area contributed by atoms with Gasteiger partial charge in [0.05, 0.1) is 5.92 Å². The summed E-state index contributed by atoms with van der Waals surface area (Å²) in [6.07, 6.45) is 2.42. The highest BCUT2D eigenvalue weighted by molar-refractivity contribution is 6.00. The van der Waals surface area contributed by atoms with Gasteiger partial charge in [-0.25, -0.2) is 0 Å². The summed E-state index contributed by atoms with van der Waals surface area (Å²) in [5.41, 5.74) is 2.25. The maximum atomic E-state index is 12.3. The van der Waals surface area contributed by atoms with Crippen LogP contribution in [0.4, 0.5) is 0 Å². The Morgan fingerprint density at radius 3 is 2.41 bits per heavy atom. The van der Waals surface area contributed by atoms with E-state index in [9.17, 15) is 14.4 Å². The van der Waals surface area contributed by atoms with Crippen LogP contribution in [-0.4, -0.2) is 37.4 Å². The molecule has 6 heteroatoms. The molecule has 1 aromatic rings. The number of benzene rings is 1. The lowest BCUT2D eigenvalue weighted by Crippen LogP contribution is -2.46. The van der Waals surface area contributed by atoms with E-state index in [-0.39, 0.29) is 23.6 Å². The summed E-state index contributed by atoms with van der Waals surface area (Å²) in [7, 11) is 0. The van der Waals surface area contributed by atoms with Gasteiger partial charge in [0.15, 0.2) is 0 Å². The van der Waals surface area contributed by atoms with Crippen molar-refractivity contribution in [2.75, 3.05) is 19.6 Å². The van der Waals surface area contributed by atoms with Crippen molar-refractivity contribution in [2.45, 2.75) is 46.0 Å².